The van der Waals surface area contributed by atoms with Gasteiger partial charge in [0.1, 0.15) is 23.7 Å². The van der Waals surface area contributed by atoms with Crippen LogP contribution in [0.1, 0.15) is 11.7 Å². The van der Waals surface area contributed by atoms with E-state index in [0.717, 1.165) is 21.1 Å². The van der Waals surface area contributed by atoms with E-state index in [9.17, 15) is 5.11 Å². The summed E-state index contributed by atoms with van der Waals surface area (Å²) in [6.45, 7) is 4.82. The first kappa shape index (κ1) is 15.8. The van der Waals surface area contributed by atoms with E-state index in [1.54, 1.807) is 0 Å². The van der Waals surface area contributed by atoms with Gasteiger partial charge in [-0.05, 0) is 29.8 Å². The molecule has 1 atom stereocenters. The van der Waals surface area contributed by atoms with E-state index in [0.29, 0.717) is 19.0 Å². The monoisotopic (exact) mass is 372 g/mol. The first-order valence-electron chi connectivity index (χ1n) is 7.42. The van der Waals surface area contributed by atoms with Gasteiger partial charge in [-0.3, -0.25) is 5.73 Å². The molecule has 3 aromatic rings. The zero-order valence-electron chi connectivity index (χ0n) is 12.7. The van der Waals surface area contributed by atoms with E-state index in [-0.39, 0.29) is 0 Å². The van der Waals surface area contributed by atoms with Crippen molar-refractivity contribution < 1.29 is 9.67 Å². The molecule has 118 valence electrons. The Morgan fingerprint density at radius 3 is 2.61 bits per heavy atom. The quantitative estimate of drug-likeness (QED) is 0.533. The van der Waals surface area contributed by atoms with E-state index >= 15 is 0 Å². The van der Waals surface area contributed by atoms with E-state index in [1.807, 2.05) is 63.7 Å². The summed E-state index contributed by atoms with van der Waals surface area (Å²) in [5.74, 6) is 0.613. The van der Waals surface area contributed by atoms with E-state index in [2.05, 4.69) is 22.5 Å². The first-order valence-corrected chi connectivity index (χ1v) is 8.22. The second-order valence-corrected chi connectivity index (χ2v) is 6.34. The summed E-state index contributed by atoms with van der Waals surface area (Å²) in [6.07, 6.45) is 1.19. The topological polar surface area (TPSA) is 55.1 Å². The average Bonchev–Trinajstić information content (AvgIpc) is 2.82. The highest BCUT2D eigenvalue weighted by Crippen LogP contribution is 2.20. The first-order chi connectivity index (χ1) is 11.1. The molecule has 0 aliphatic rings. The third-order valence-corrected chi connectivity index (χ3v) is 4.47. The van der Waals surface area contributed by atoms with Gasteiger partial charge in [0.25, 0.3) is 0 Å². The largest absolute Gasteiger partial charge is 0.385 e. The van der Waals surface area contributed by atoms with Gasteiger partial charge in [0.15, 0.2) is 0 Å². The maximum Gasteiger partial charge on any atom is 0.356 e. The molecule has 1 aromatic heterocycles. The Morgan fingerprint density at radius 1 is 1.22 bits per heavy atom. The minimum Gasteiger partial charge on any atom is -0.385 e. The van der Waals surface area contributed by atoms with Crippen LogP contribution in [0.5, 0.6) is 0 Å². The number of anilines is 1. The summed E-state index contributed by atoms with van der Waals surface area (Å²) in [7, 11) is 0. The van der Waals surface area contributed by atoms with Gasteiger partial charge in [0.05, 0.1) is 6.54 Å². The number of fused-ring (bicyclic) bond motifs is 1. The lowest BCUT2D eigenvalue weighted by Crippen LogP contribution is -2.39. The number of benzene rings is 2. The number of halogens is 1. The smallest absolute Gasteiger partial charge is 0.356 e. The number of aromatic nitrogens is 2. The van der Waals surface area contributed by atoms with Gasteiger partial charge in [-0.1, -0.05) is 52.9 Å². The van der Waals surface area contributed by atoms with Gasteiger partial charge in [0, 0.05) is 4.47 Å². The lowest BCUT2D eigenvalue weighted by molar-refractivity contribution is -0.666. The number of aliphatic hydroxyl groups is 1. The molecule has 2 aromatic carbocycles. The van der Waals surface area contributed by atoms with Gasteiger partial charge < -0.3 is 5.11 Å². The predicted molar refractivity (Wildman–Crippen MR) is 95.8 cm³/mol. The van der Waals surface area contributed by atoms with Crippen molar-refractivity contribution in [2.45, 2.75) is 19.2 Å². The summed E-state index contributed by atoms with van der Waals surface area (Å²) in [4.78, 5) is 0. The number of nitrogens with two attached hydrogens (primary N) is 1. The second kappa shape index (κ2) is 6.56. The summed E-state index contributed by atoms with van der Waals surface area (Å²) in [5.41, 5.74) is 9.21. The lowest BCUT2D eigenvalue weighted by atomic mass is 10.1. The average molecular weight is 373 g/mol. The van der Waals surface area contributed by atoms with Crippen molar-refractivity contribution in [1.29, 1.82) is 0 Å². The Hall–Kier alpha value is -2.11. The Balaban J connectivity index is 2.01. The molecule has 0 saturated carbocycles. The number of nitrogens with zero attached hydrogens (tertiary/aromatic N) is 2. The number of nitrogen functional groups attached to an aromatic ring is 1. The van der Waals surface area contributed by atoms with Crippen LogP contribution in [0.25, 0.3) is 11.0 Å². The minimum atomic E-state index is -0.626. The molecule has 0 aliphatic carbocycles. The van der Waals surface area contributed by atoms with Crippen molar-refractivity contribution in [2.24, 2.45) is 0 Å². The summed E-state index contributed by atoms with van der Waals surface area (Å²) in [6, 6.07) is 15.7. The molecule has 23 heavy (non-hydrogen) atoms. The number of rotatable bonds is 5. The van der Waals surface area contributed by atoms with Crippen LogP contribution in [-0.4, -0.2) is 9.67 Å². The lowest BCUT2D eigenvalue weighted by Gasteiger charge is -2.10. The molecule has 0 spiro atoms. The molecule has 5 heteroatoms. The van der Waals surface area contributed by atoms with Crippen molar-refractivity contribution in [3.63, 3.8) is 0 Å². The number of hydrogen-bond donors (Lipinski definition) is 2. The van der Waals surface area contributed by atoms with Crippen LogP contribution >= 0.6 is 15.9 Å². The zero-order chi connectivity index (χ0) is 16.4. The van der Waals surface area contributed by atoms with Crippen LogP contribution < -0.4 is 10.3 Å². The molecule has 0 aliphatic heterocycles. The standard InChI is InChI=1S/C18H18BrN3O/c1-2-11-21-15-5-3-4-6-16(15)22(18(21)20)12-17(23)13-7-9-14(19)10-8-13/h2-10,17,20,23H,1,11-12H2/p+1/t17-/m0/s1. The molecule has 0 unspecified atom stereocenters. The molecule has 3 N–H and O–H groups in total. The third-order valence-electron chi connectivity index (χ3n) is 3.94. The molecule has 0 saturated heterocycles. The second-order valence-electron chi connectivity index (χ2n) is 5.42. The molecular formula is C18H19BrN3O+. The summed E-state index contributed by atoms with van der Waals surface area (Å²) < 4.78 is 4.94. The van der Waals surface area contributed by atoms with Crippen LogP contribution in [0.4, 0.5) is 5.95 Å². The van der Waals surface area contributed by atoms with E-state index in [1.165, 1.54) is 0 Å². The molecule has 3 rings (SSSR count). The summed E-state index contributed by atoms with van der Waals surface area (Å²) in [5, 5.41) is 10.6. The Morgan fingerprint density at radius 2 is 1.91 bits per heavy atom. The van der Waals surface area contributed by atoms with Crippen molar-refractivity contribution >= 4 is 32.9 Å². The van der Waals surface area contributed by atoms with Crippen molar-refractivity contribution in [1.82, 2.24) is 4.57 Å². The predicted octanol–water partition coefficient (Wildman–Crippen LogP) is 3.19. The van der Waals surface area contributed by atoms with Crippen LogP contribution in [0.2, 0.25) is 0 Å². The Labute approximate surface area is 143 Å². The fourth-order valence-corrected chi connectivity index (χ4v) is 3.05. The Kier molecular flexibility index (Phi) is 4.50. The fourth-order valence-electron chi connectivity index (χ4n) is 2.79. The van der Waals surface area contributed by atoms with Gasteiger partial charge in [-0.25, -0.2) is 9.13 Å². The van der Waals surface area contributed by atoms with Crippen molar-refractivity contribution in [3.8, 4) is 0 Å². The van der Waals surface area contributed by atoms with Crippen LogP contribution in [0.3, 0.4) is 0 Å². The number of allylic oxidation sites excluding steroid dienone is 1. The zero-order valence-corrected chi connectivity index (χ0v) is 14.3. The van der Waals surface area contributed by atoms with Gasteiger partial charge in [0.2, 0.25) is 0 Å². The maximum atomic E-state index is 10.6. The number of aliphatic hydroxyl groups excluding tert-OH is 1. The molecule has 1 heterocycles. The van der Waals surface area contributed by atoms with Crippen molar-refractivity contribution in [2.75, 3.05) is 5.73 Å². The van der Waals surface area contributed by atoms with Gasteiger partial charge in [-0.2, -0.15) is 0 Å². The highest BCUT2D eigenvalue weighted by molar-refractivity contribution is 9.10. The molecule has 4 nitrogen and oxygen atoms in total. The highest BCUT2D eigenvalue weighted by Gasteiger charge is 2.22. The van der Waals surface area contributed by atoms with Gasteiger partial charge >= 0.3 is 5.95 Å². The third kappa shape index (κ3) is 3.02. The molecule has 0 radical (unpaired) electrons. The molecule has 0 amide bonds. The normalized spacial score (nSPS) is 12.4. The SMILES string of the molecule is C=CCn1c(N)[n+](C[C@H](O)c2ccc(Br)cc2)c2ccccc21. The van der Waals surface area contributed by atoms with Crippen LogP contribution in [0.15, 0.2) is 65.7 Å². The molecule has 0 fully saturated rings. The van der Waals surface area contributed by atoms with Crippen molar-refractivity contribution in [3.05, 3.63) is 71.2 Å². The molecule has 0 bridgehead atoms. The number of hydrogen-bond acceptors (Lipinski definition) is 2. The number of imidazole rings is 1. The van der Waals surface area contributed by atoms with Crippen LogP contribution in [0, 0.1) is 0 Å². The minimum absolute atomic E-state index is 0.401. The Bertz CT molecular complexity index is 839. The van der Waals surface area contributed by atoms with E-state index < -0.39 is 6.10 Å². The van der Waals surface area contributed by atoms with Crippen LogP contribution in [-0.2, 0) is 13.1 Å². The van der Waals surface area contributed by atoms with E-state index in [4.69, 9.17) is 5.73 Å². The highest BCUT2D eigenvalue weighted by atomic mass is 79.9. The maximum absolute atomic E-state index is 10.6. The fraction of sp³-hybridized carbons (Fsp3) is 0.167. The number of para-hydroxylation sites is 2. The molecular weight excluding hydrogens is 354 g/mol. The summed E-state index contributed by atoms with van der Waals surface area (Å²) >= 11 is 3.41. The van der Waals surface area contributed by atoms with Gasteiger partial charge in [-0.15, -0.1) is 0 Å².